The molecule has 2 heterocycles. The molecule has 1 aliphatic carbocycles. The Hall–Kier alpha value is -2.77. The van der Waals surface area contributed by atoms with E-state index in [0.29, 0.717) is 35.8 Å². The lowest BCUT2D eigenvalue weighted by molar-refractivity contribution is 0.0954. The molecule has 2 aromatic heterocycles. The number of benzene rings is 1. The van der Waals surface area contributed by atoms with Crippen LogP contribution in [0.1, 0.15) is 40.8 Å². The lowest BCUT2D eigenvalue weighted by Gasteiger charge is -2.03. The van der Waals surface area contributed by atoms with E-state index in [2.05, 4.69) is 30.9 Å². The molecule has 22 heavy (non-hydrogen) atoms. The maximum absolute atomic E-state index is 12.1. The first kappa shape index (κ1) is 12.9. The normalized spacial score (nSPS) is 14.4. The Bertz CT molecular complexity index is 819. The Labute approximate surface area is 125 Å². The van der Waals surface area contributed by atoms with E-state index in [4.69, 9.17) is 4.52 Å². The summed E-state index contributed by atoms with van der Waals surface area (Å²) in [5, 5.41) is 17.2. The smallest absolute Gasteiger partial charge is 0.251 e. The van der Waals surface area contributed by atoms with E-state index in [9.17, 15) is 4.79 Å². The Morgan fingerprint density at radius 3 is 3.05 bits per heavy atom. The van der Waals surface area contributed by atoms with E-state index in [-0.39, 0.29) is 5.91 Å². The average molecular weight is 298 g/mol. The second-order valence-corrected chi connectivity index (χ2v) is 5.36. The van der Waals surface area contributed by atoms with Gasteiger partial charge in [0.15, 0.2) is 5.82 Å². The SMILES string of the molecule is O=C(NCCc1noc(C2CC2)n1)c1ccc2n[nH]nc2c1. The molecular formula is C14H14N6O2. The molecule has 1 aromatic carbocycles. The molecule has 0 spiro atoms. The highest BCUT2D eigenvalue weighted by atomic mass is 16.5. The number of hydrogen-bond donors (Lipinski definition) is 2. The fourth-order valence-electron chi connectivity index (χ4n) is 2.24. The number of rotatable bonds is 5. The topological polar surface area (TPSA) is 110 Å². The first-order chi connectivity index (χ1) is 10.8. The van der Waals surface area contributed by atoms with Crippen LogP contribution in [-0.2, 0) is 6.42 Å². The average Bonchev–Trinajstić information content (AvgIpc) is 3.09. The summed E-state index contributed by atoms with van der Waals surface area (Å²) in [6.07, 6.45) is 2.81. The summed E-state index contributed by atoms with van der Waals surface area (Å²) in [5.41, 5.74) is 1.95. The van der Waals surface area contributed by atoms with Gasteiger partial charge in [0, 0.05) is 24.4 Å². The van der Waals surface area contributed by atoms with Crippen LogP contribution >= 0.6 is 0 Å². The summed E-state index contributed by atoms with van der Waals surface area (Å²) in [5.74, 6) is 1.65. The van der Waals surface area contributed by atoms with Crippen LogP contribution in [0.4, 0.5) is 0 Å². The van der Waals surface area contributed by atoms with Gasteiger partial charge < -0.3 is 9.84 Å². The zero-order valence-corrected chi connectivity index (χ0v) is 11.7. The highest BCUT2D eigenvalue weighted by molar-refractivity contribution is 5.97. The van der Waals surface area contributed by atoms with Gasteiger partial charge >= 0.3 is 0 Å². The first-order valence-electron chi connectivity index (χ1n) is 7.21. The van der Waals surface area contributed by atoms with Crippen molar-refractivity contribution in [2.75, 3.05) is 6.54 Å². The predicted molar refractivity (Wildman–Crippen MR) is 76.2 cm³/mol. The summed E-state index contributed by atoms with van der Waals surface area (Å²) in [6, 6.07) is 5.18. The standard InChI is InChI=1S/C14H14N6O2/c21-13(9-3-4-10-11(7-9)18-20-17-10)15-6-5-12-16-14(22-19-12)8-1-2-8/h3-4,7-8H,1-2,5-6H2,(H,15,21)(H,17,18,20). The van der Waals surface area contributed by atoms with Gasteiger partial charge in [-0.1, -0.05) is 5.16 Å². The molecule has 1 amide bonds. The molecule has 2 N–H and O–H groups in total. The summed E-state index contributed by atoms with van der Waals surface area (Å²) in [7, 11) is 0. The highest BCUT2D eigenvalue weighted by Gasteiger charge is 2.29. The maximum Gasteiger partial charge on any atom is 0.251 e. The van der Waals surface area contributed by atoms with Crippen LogP contribution in [0, 0.1) is 0 Å². The number of aromatic amines is 1. The van der Waals surface area contributed by atoms with Gasteiger partial charge in [-0.2, -0.15) is 20.4 Å². The zero-order chi connectivity index (χ0) is 14.9. The monoisotopic (exact) mass is 298 g/mol. The quantitative estimate of drug-likeness (QED) is 0.732. The third kappa shape index (κ3) is 2.54. The molecule has 0 aliphatic heterocycles. The number of nitrogens with one attached hydrogen (secondary N) is 2. The van der Waals surface area contributed by atoms with E-state index in [1.165, 1.54) is 0 Å². The largest absolute Gasteiger partial charge is 0.352 e. The van der Waals surface area contributed by atoms with Crippen molar-refractivity contribution >= 4 is 16.9 Å². The van der Waals surface area contributed by atoms with E-state index in [1.807, 2.05) is 0 Å². The van der Waals surface area contributed by atoms with Gasteiger partial charge in [0.05, 0.1) is 0 Å². The molecule has 0 unspecified atom stereocenters. The van der Waals surface area contributed by atoms with Crippen LogP contribution in [0.25, 0.3) is 11.0 Å². The van der Waals surface area contributed by atoms with Crippen molar-refractivity contribution in [1.82, 2.24) is 30.9 Å². The second kappa shape index (κ2) is 5.21. The molecule has 3 aromatic rings. The number of H-pyrrole nitrogens is 1. The van der Waals surface area contributed by atoms with Crippen LogP contribution in [0.5, 0.6) is 0 Å². The van der Waals surface area contributed by atoms with Crippen LogP contribution in [-0.4, -0.2) is 38.0 Å². The van der Waals surface area contributed by atoms with Crippen molar-refractivity contribution < 1.29 is 9.32 Å². The predicted octanol–water partition coefficient (Wildman–Crippen LogP) is 1.19. The number of hydrogen-bond acceptors (Lipinski definition) is 6. The van der Waals surface area contributed by atoms with Gasteiger partial charge in [-0.05, 0) is 31.0 Å². The van der Waals surface area contributed by atoms with Gasteiger partial charge in [-0.25, -0.2) is 0 Å². The number of fused-ring (bicyclic) bond motifs is 1. The summed E-state index contributed by atoms with van der Waals surface area (Å²) in [4.78, 5) is 16.4. The van der Waals surface area contributed by atoms with E-state index in [0.717, 1.165) is 24.2 Å². The number of amides is 1. The minimum atomic E-state index is -0.157. The van der Waals surface area contributed by atoms with Crippen LogP contribution in [0.15, 0.2) is 22.7 Å². The fourth-order valence-corrected chi connectivity index (χ4v) is 2.24. The molecule has 0 radical (unpaired) electrons. The second-order valence-electron chi connectivity index (χ2n) is 5.36. The number of aromatic nitrogens is 5. The number of nitrogens with zero attached hydrogens (tertiary/aromatic N) is 4. The molecule has 1 saturated carbocycles. The van der Waals surface area contributed by atoms with Crippen molar-refractivity contribution in [2.24, 2.45) is 0 Å². The fraction of sp³-hybridized carbons (Fsp3) is 0.357. The van der Waals surface area contributed by atoms with Crippen LogP contribution in [0.3, 0.4) is 0 Å². The molecule has 0 atom stereocenters. The highest BCUT2D eigenvalue weighted by Crippen LogP contribution is 2.38. The van der Waals surface area contributed by atoms with Crippen molar-refractivity contribution in [1.29, 1.82) is 0 Å². The minimum absolute atomic E-state index is 0.157. The molecule has 8 heteroatoms. The van der Waals surface area contributed by atoms with Gasteiger partial charge in [-0.3, -0.25) is 4.79 Å². The molecule has 1 aliphatic rings. The van der Waals surface area contributed by atoms with Crippen LogP contribution in [0.2, 0.25) is 0 Å². The molecule has 4 rings (SSSR count). The summed E-state index contributed by atoms with van der Waals surface area (Å²) >= 11 is 0. The van der Waals surface area contributed by atoms with Crippen molar-refractivity contribution in [3.05, 3.63) is 35.5 Å². The van der Waals surface area contributed by atoms with Gasteiger partial charge in [0.2, 0.25) is 5.89 Å². The Balaban J connectivity index is 1.34. The Kier molecular flexibility index (Phi) is 3.06. The molecule has 0 saturated heterocycles. The number of carbonyl (C=O) groups is 1. The number of carbonyl (C=O) groups excluding carboxylic acids is 1. The van der Waals surface area contributed by atoms with Crippen LogP contribution < -0.4 is 5.32 Å². The first-order valence-corrected chi connectivity index (χ1v) is 7.21. The Morgan fingerprint density at radius 1 is 1.32 bits per heavy atom. The molecular weight excluding hydrogens is 284 g/mol. The van der Waals surface area contributed by atoms with E-state index in [1.54, 1.807) is 18.2 Å². The lowest BCUT2D eigenvalue weighted by atomic mass is 10.2. The van der Waals surface area contributed by atoms with Gasteiger partial charge in [0.25, 0.3) is 5.91 Å². The minimum Gasteiger partial charge on any atom is -0.352 e. The molecule has 1 fully saturated rings. The van der Waals surface area contributed by atoms with Crippen molar-refractivity contribution in [3.8, 4) is 0 Å². The maximum atomic E-state index is 12.1. The van der Waals surface area contributed by atoms with Crippen molar-refractivity contribution in [3.63, 3.8) is 0 Å². The van der Waals surface area contributed by atoms with E-state index >= 15 is 0 Å². The molecule has 8 nitrogen and oxygen atoms in total. The third-order valence-corrected chi connectivity index (χ3v) is 3.62. The molecule has 112 valence electrons. The van der Waals surface area contributed by atoms with E-state index < -0.39 is 0 Å². The van der Waals surface area contributed by atoms with Crippen molar-refractivity contribution in [2.45, 2.75) is 25.2 Å². The molecule has 0 bridgehead atoms. The summed E-state index contributed by atoms with van der Waals surface area (Å²) in [6.45, 7) is 0.458. The van der Waals surface area contributed by atoms with Gasteiger partial charge in [0.1, 0.15) is 11.0 Å². The summed E-state index contributed by atoms with van der Waals surface area (Å²) < 4.78 is 5.18. The zero-order valence-electron chi connectivity index (χ0n) is 11.7. The third-order valence-electron chi connectivity index (χ3n) is 3.62. The van der Waals surface area contributed by atoms with Gasteiger partial charge in [-0.15, -0.1) is 0 Å². The Morgan fingerprint density at radius 2 is 2.18 bits per heavy atom. The lowest BCUT2D eigenvalue weighted by Crippen LogP contribution is -2.25.